The van der Waals surface area contributed by atoms with E-state index < -0.39 is 0 Å². The number of hydrogen-bond donors (Lipinski definition) is 0. The van der Waals surface area contributed by atoms with Gasteiger partial charge in [0, 0.05) is 18.1 Å². The number of carbonyl (C=O) groups is 2. The van der Waals surface area contributed by atoms with Gasteiger partial charge in [-0.2, -0.15) is 4.99 Å². The lowest BCUT2D eigenvalue weighted by molar-refractivity contribution is -0.149. The molecule has 132 valence electrons. The molecule has 5 nitrogen and oxygen atoms in total. The van der Waals surface area contributed by atoms with Crippen LogP contribution in [0.1, 0.15) is 25.3 Å². The zero-order valence-corrected chi connectivity index (χ0v) is 15.5. The van der Waals surface area contributed by atoms with Crippen molar-refractivity contribution in [2.24, 2.45) is 10.9 Å². The summed E-state index contributed by atoms with van der Waals surface area (Å²) in [5.74, 6) is -0.566. The highest BCUT2D eigenvalue weighted by Crippen LogP contribution is 2.32. The van der Waals surface area contributed by atoms with Crippen molar-refractivity contribution in [3.63, 3.8) is 0 Å². The van der Waals surface area contributed by atoms with E-state index >= 15 is 0 Å². The molecule has 7 heteroatoms. The zero-order valence-electron chi connectivity index (χ0n) is 13.9. The number of ether oxygens (including phenoxy) is 1. The number of carbonyl (C=O) groups excluding carboxylic acids is 2. The van der Waals surface area contributed by atoms with E-state index in [1.165, 1.54) is 11.8 Å². The summed E-state index contributed by atoms with van der Waals surface area (Å²) in [7, 11) is 0. The van der Waals surface area contributed by atoms with E-state index in [4.69, 9.17) is 16.3 Å². The fourth-order valence-corrected chi connectivity index (χ4v) is 3.92. The fourth-order valence-electron chi connectivity index (χ4n) is 2.85. The highest BCUT2D eigenvalue weighted by atomic mass is 35.5. The minimum Gasteiger partial charge on any atom is -0.466 e. The molecule has 0 unspecified atom stereocenters. The van der Waals surface area contributed by atoms with Crippen molar-refractivity contribution in [2.45, 2.75) is 19.8 Å². The molecule has 0 bridgehead atoms. The second-order valence-electron chi connectivity index (χ2n) is 5.90. The van der Waals surface area contributed by atoms with Crippen LogP contribution < -0.4 is 0 Å². The second kappa shape index (κ2) is 8.06. The highest BCUT2D eigenvalue weighted by molar-refractivity contribution is 8.18. The monoisotopic (exact) mass is 378 g/mol. The zero-order chi connectivity index (χ0) is 17.8. The number of aliphatic imine (C=N–C) groups is 1. The first-order chi connectivity index (χ1) is 12.1. The third-order valence-electron chi connectivity index (χ3n) is 4.09. The van der Waals surface area contributed by atoms with Crippen LogP contribution in [0.2, 0.25) is 5.02 Å². The normalized spacial score (nSPS) is 22.2. The molecule has 0 aliphatic carbocycles. The number of thioether (sulfide) groups is 1. The third kappa shape index (κ3) is 4.44. The number of hydrogen-bond acceptors (Lipinski definition) is 5. The van der Waals surface area contributed by atoms with E-state index in [-0.39, 0.29) is 17.8 Å². The average Bonchev–Trinajstić information content (AvgIpc) is 2.98. The molecule has 3 rings (SSSR count). The molecule has 2 aliphatic heterocycles. The molecule has 1 amide bonds. The number of rotatable bonds is 3. The van der Waals surface area contributed by atoms with E-state index in [0.717, 1.165) is 24.9 Å². The molecule has 0 saturated carbocycles. The van der Waals surface area contributed by atoms with E-state index in [0.29, 0.717) is 28.2 Å². The van der Waals surface area contributed by atoms with Gasteiger partial charge in [-0.3, -0.25) is 9.59 Å². The first-order valence-corrected chi connectivity index (χ1v) is 9.46. The molecular formula is C18H19ClN2O3S. The van der Waals surface area contributed by atoms with Crippen LogP contribution >= 0.6 is 23.4 Å². The van der Waals surface area contributed by atoms with Gasteiger partial charge in [0.15, 0.2) is 5.17 Å². The van der Waals surface area contributed by atoms with Crippen LogP contribution in [0.5, 0.6) is 0 Å². The van der Waals surface area contributed by atoms with Crippen LogP contribution in [0, 0.1) is 5.92 Å². The van der Waals surface area contributed by atoms with Crippen LogP contribution in [-0.4, -0.2) is 41.6 Å². The summed E-state index contributed by atoms with van der Waals surface area (Å²) >= 11 is 7.24. The van der Waals surface area contributed by atoms with Crippen LogP contribution in [0.25, 0.3) is 6.08 Å². The van der Waals surface area contributed by atoms with Crippen LogP contribution in [0.4, 0.5) is 0 Å². The van der Waals surface area contributed by atoms with Crippen molar-refractivity contribution in [2.75, 3.05) is 19.7 Å². The number of esters is 1. The van der Waals surface area contributed by atoms with E-state index in [1.807, 2.05) is 30.0 Å². The number of likely N-dealkylation sites (tertiary alicyclic amines) is 1. The molecule has 0 radical (unpaired) electrons. The Morgan fingerprint density at radius 1 is 1.44 bits per heavy atom. The van der Waals surface area contributed by atoms with Gasteiger partial charge in [0.1, 0.15) is 0 Å². The molecule has 1 atom stereocenters. The summed E-state index contributed by atoms with van der Waals surface area (Å²) in [6, 6.07) is 7.29. The molecule has 2 heterocycles. The van der Waals surface area contributed by atoms with E-state index in [1.54, 1.807) is 12.1 Å². The van der Waals surface area contributed by atoms with Gasteiger partial charge in [-0.15, -0.1) is 0 Å². The first-order valence-electron chi connectivity index (χ1n) is 8.26. The highest BCUT2D eigenvalue weighted by Gasteiger charge is 2.32. The van der Waals surface area contributed by atoms with Gasteiger partial charge in [-0.25, -0.2) is 0 Å². The number of benzene rings is 1. The Morgan fingerprint density at radius 3 is 2.92 bits per heavy atom. The van der Waals surface area contributed by atoms with Gasteiger partial charge in [0.25, 0.3) is 5.91 Å². The number of piperidine rings is 1. The molecule has 2 aliphatic rings. The van der Waals surface area contributed by atoms with Gasteiger partial charge in [-0.1, -0.05) is 23.7 Å². The van der Waals surface area contributed by atoms with Crippen LogP contribution in [-0.2, 0) is 14.3 Å². The smallest absolute Gasteiger partial charge is 0.310 e. The van der Waals surface area contributed by atoms with Crippen molar-refractivity contribution in [1.82, 2.24) is 4.90 Å². The summed E-state index contributed by atoms with van der Waals surface area (Å²) in [6.07, 6.45) is 3.51. The maximum Gasteiger partial charge on any atom is 0.310 e. The molecule has 0 aromatic heterocycles. The lowest BCUT2D eigenvalue weighted by atomic mass is 9.99. The Bertz CT molecular complexity index is 730. The van der Waals surface area contributed by atoms with Crippen molar-refractivity contribution < 1.29 is 14.3 Å². The van der Waals surface area contributed by atoms with Crippen molar-refractivity contribution in [3.8, 4) is 0 Å². The first kappa shape index (κ1) is 18.0. The summed E-state index contributed by atoms with van der Waals surface area (Å²) in [5, 5.41) is 1.32. The molecule has 0 N–H and O–H groups in total. The van der Waals surface area contributed by atoms with Gasteiger partial charge >= 0.3 is 5.97 Å². The number of halogens is 1. The quantitative estimate of drug-likeness (QED) is 0.594. The standard InChI is InChI=1S/C18H19ClN2O3S/c1-2-24-17(23)13-4-3-9-21(11-13)18-20-16(22)15(25-18)10-12-5-7-14(19)8-6-12/h5-8,10,13H,2-4,9,11H2,1H3/b15-10+/t13-/m1/s1. The fraction of sp³-hybridized carbons (Fsp3) is 0.389. The van der Waals surface area contributed by atoms with Crippen LogP contribution in [0.3, 0.4) is 0 Å². The third-order valence-corrected chi connectivity index (χ3v) is 5.39. The molecule has 1 aromatic carbocycles. The molecule has 1 fully saturated rings. The van der Waals surface area contributed by atoms with E-state index in [9.17, 15) is 9.59 Å². The lowest BCUT2D eigenvalue weighted by Crippen LogP contribution is -2.41. The molecular weight excluding hydrogens is 360 g/mol. The lowest BCUT2D eigenvalue weighted by Gasteiger charge is -2.32. The Labute approximate surface area is 156 Å². The van der Waals surface area contributed by atoms with Crippen LogP contribution in [0.15, 0.2) is 34.2 Å². The Kier molecular flexibility index (Phi) is 5.81. The topological polar surface area (TPSA) is 59.0 Å². The number of amides is 1. The number of nitrogens with zero attached hydrogens (tertiary/aromatic N) is 2. The maximum atomic E-state index is 12.2. The predicted octanol–water partition coefficient (Wildman–Crippen LogP) is 3.59. The SMILES string of the molecule is CCOC(=O)[C@@H]1CCCN(C2=NC(=O)/C(=C\c3ccc(Cl)cc3)S2)C1. The van der Waals surface area contributed by atoms with Crippen molar-refractivity contribution in [3.05, 3.63) is 39.8 Å². The van der Waals surface area contributed by atoms with Crippen molar-refractivity contribution in [1.29, 1.82) is 0 Å². The summed E-state index contributed by atoms with van der Waals surface area (Å²) in [6.45, 7) is 3.54. The minimum absolute atomic E-state index is 0.156. The predicted molar refractivity (Wildman–Crippen MR) is 100 cm³/mol. The van der Waals surface area contributed by atoms with Gasteiger partial charge in [0.2, 0.25) is 0 Å². The number of amidine groups is 1. The Balaban J connectivity index is 1.68. The Morgan fingerprint density at radius 2 is 2.20 bits per heavy atom. The van der Waals surface area contributed by atoms with Crippen molar-refractivity contribution >= 4 is 46.5 Å². The van der Waals surface area contributed by atoms with Gasteiger partial charge < -0.3 is 9.64 Å². The van der Waals surface area contributed by atoms with E-state index in [2.05, 4.69) is 4.99 Å². The summed E-state index contributed by atoms with van der Waals surface area (Å²) in [4.78, 5) is 30.9. The maximum absolute atomic E-state index is 12.2. The summed E-state index contributed by atoms with van der Waals surface area (Å²) < 4.78 is 5.12. The molecule has 0 spiro atoms. The van der Waals surface area contributed by atoms with Gasteiger partial charge in [0.05, 0.1) is 17.4 Å². The Hall–Kier alpha value is -1.79. The summed E-state index contributed by atoms with van der Waals surface area (Å²) in [5.41, 5.74) is 0.903. The second-order valence-corrected chi connectivity index (χ2v) is 7.34. The largest absolute Gasteiger partial charge is 0.466 e. The molecule has 1 saturated heterocycles. The average molecular weight is 379 g/mol. The minimum atomic E-state index is -0.242. The van der Waals surface area contributed by atoms with Gasteiger partial charge in [-0.05, 0) is 55.3 Å². The molecule has 25 heavy (non-hydrogen) atoms. The molecule has 1 aromatic rings.